The summed E-state index contributed by atoms with van der Waals surface area (Å²) in [6.07, 6.45) is 0. The highest BCUT2D eigenvalue weighted by molar-refractivity contribution is 6.05. The minimum absolute atomic E-state index is 0. The van der Waals surface area contributed by atoms with Crippen LogP contribution in [0.2, 0.25) is 0 Å². The molecule has 0 aliphatic carbocycles. The molecule has 2 aliphatic heterocycles. The van der Waals surface area contributed by atoms with Gasteiger partial charge in [0, 0.05) is 38.1 Å². The molecule has 7 nitrogen and oxygen atoms in total. The maximum atomic E-state index is 6.15. The second kappa shape index (κ2) is 7.90. The summed E-state index contributed by atoms with van der Waals surface area (Å²) in [5.74, 6) is 3.34. The topological polar surface area (TPSA) is 63.9 Å². The summed E-state index contributed by atoms with van der Waals surface area (Å²) in [5.41, 5.74) is 3.78. The van der Waals surface area contributed by atoms with Gasteiger partial charge in [0.15, 0.2) is 22.9 Å². The summed E-state index contributed by atoms with van der Waals surface area (Å²) in [6, 6.07) is 14.2. The lowest BCUT2D eigenvalue weighted by molar-refractivity contribution is -0.00000817. The summed E-state index contributed by atoms with van der Waals surface area (Å²) in [6.45, 7) is 6.86. The van der Waals surface area contributed by atoms with Crippen molar-refractivity contribution in [2.75, 3.05) is 37.9 Å². The molecule has 0 atom stereocenters. The zero-order chi connectivity index (χ0) is 20.1. The Balaban J connectivity index is 0.00000204. The van der Waals surface area contributed by atoms with Crippen LogP contribution in [-0.4, -0.2) is 47.8 Å². The van der Waals surface area contributed by atoms with Gasteiger partial charge in [-0.2, -0.15) is 0 Å². The Bertz CT molecular complexity index is 1250. The molecule has 1 saturated heterocycles. The van der Waals surface area contributed by atoms with Crippen LogP contribution in [0.4, 0.5) is 5.82 Å². The molecule has 160 valence electrons. The third-order valence-corrected chi connectivity index (χ3v) is 5.83. The number of para-hydroxylation sites is 1. The summed E-state index contributed by atoms with van der Waals surface area (Å²) < 4.78 is 17.1. The molecule has 0 amide bonds. The summed E-state index contributed by atoms with van der Waals surface area (Å²) in [5, 5.41) is 1.04. The maximum Gasteiger partial charge on any atom is 0.231 e. The van der Waals surface area contributed by atoms with Crippen LogP contribution in [0.1, 0.15) is 11.4 Å². The molecule has 4 heterocycles. The van der Waals surface area contributed by atoms with E-state index < -0.39 is 0 Å². The van der Waals surface area contributed by atoms with E-state index in [1.165, 1.54) is 5.56 Å². The molecule has 8 heteroatoms. The number of piperazine rings is 1. The van der Waals surface area contributed by atoms with Crippen molar-refractivity contribution in [2.45, 2.75) is 13.5 Å². The van der Waals surface area contributed by atoms with Crippen molar-refractivity contribution >= 4 is 27.9 Å². The molecule has 0 saturated carbocycles. The number of furan rings is 1. The minimum atomic E-state index is 0. The van der Waals surface area contributed by atoms with Gasteiger partial charge < -0.3 is 31.2 Å². The molecule has 0 unspecified atom stereocenters. The molecule has 2 aromatic heterocycles. The quantitative estimate of drug-likeness (QED) is 0.468. The molecule has 0 N–H and O–H groups in total. The smallest absolute Gasteiger partial charge is 0.231 e. The van der Waals surface area contributed by atoms with Gasteiger partial charge in [-0.1, -0.05) is 18.2 Å². The average molecular weight is 438 g/mol. The Kier molecular flexibility index (Phi) is 5.08. The van der Waals surface area contributed by atoms with E-state index in [2.05, 4.69) is 33.0 Å². The van der Waals surface area contributed by atoms with Crippen LogP contribution in [0.3, 0.4) is 0 Å². The van der Waals surface area contributed by atoms with Gasteiger partial charge in [0.25, 0.3) is 0 Å². The van der Waals surface area contributed by atoms with Crippen molar-refractivity contribution in [2.24, 2.45) is 0 Å². The second-order valence-corrected chi connectivity index (χ2v) is 7.82. The molecule has 6 rings (SSSR count). The van der Waals surface area contributed by atoms with Crippen LogP contribution in [0.15, 0.2) is 46.9 Å². The van der Waals surface area contributed by atoms with E-state index in [0.29, 0.717) is 6.79 Å². The van der Waals surface area contributed by atoms with Gasteiger partial charge in [0.1, 0.15) is 16.9 Å². The van der Waals surface area contributed by atoms with Crippen molar-refractivity contribution in [3.63, 3.8) is 0 Å². The predicted octanol–water partition coefficient (Wildman–Crippen LogP) is 0.739. The molecule has 2 aromatic carbocycles. The first-order valence-electron chi connectivity index (χ1n) is 10.3. The lowest BCUT2D eigenvalue weighted by atomic mass is 10.1. The number of ether oxygens (including phenoxy) is 2. The summed E-state index contributed by atoms with van der Waals surface area (Å²) >= 11 is 0. The van der Waals surface area contributed by atoms with E-state index in [1.807, 2.05) is 31.2 Å². The van der Waals surface area contributed by atoms with Crippen molar-refractivity contribution in [3.05, 3.63) is 53.9 Å². The van der Waals surface area contributed by atoms with Gasteiger partial charge in [-0.3, -0.25) is 4.90 Å². The van der Waals surface area contributed by atoms with E-state index in [4.69, 9.17) is 18.9 Å². The first-order chi connectivity index (χ1) is 14.7. The molecule has 2 aliphatic rings. The Hall–Kier alpha value is -3.03. The van der Waals surface area contributed by atoms with Crippen LogP contribution < -0.4 is 26.8 Å². The van der Waals surface area contributed by atoms with Crippen molar-refractivity contribution in [1.82, 2.24) is 14.9 Å². The van der Waals surface area contributed by atoms with Crippen LogP contribution in [0, 0.1) is 6.92 Å². The lowest BCUT2D eigenvalue weighted by Crippen LogP contribution is -3.00. The number of rotatable bonds is 3. The molecule has 1 fully saturated rings. The standard InChI is InChI=1S/C23H22N4O3.ClH/c1-15-24-21-17-4-2-3-5-18(17)30-22(21)23(25-15)27-10-8-26(9-11-27)13-16-6-7-19-20(12-16)29-14-28-19;/h2-7,12H,8-11,13-14H2,1H3;1H/p-1. The van der Waals surface area contributed by atoms with E-state index in [1.54, 1.807) is 0 Å². The third kappa shape index (κ3) is 3.54. The summed E-state index contributed by atoms with van der Waals surface area (Å²) in [7, 11) is 0. The van der Waals surface area contributed by atoms with Crippen molar-refractivity contribution in [3.8, 4) is 11.5 Å². The molecule has 0 radical (unpaired) electrons. The number of aromatic nitrogens is 2. The van der Waals surface area contributed by atoms with Gasteiger partial charge in [-0.25, -0.2) is 9.97 Å². The fourth-order valence-corrected chi connectivity index (χ4v) is 4.31. The normalized spacial score (nSPS) is 16.1. The number of halogens is 1. The van der Waals surface area contributed by atoms with Gasteiger partial charge in [0.05, 0.1) is 0 Å². The number of benzene rings is 2. The van der Waals surface area contributed by atoms with E-state index >= 15 is 0 Å². The largest absolute Gasteiger partial charge is 1.00 e. The summed E-state index contributed by atoms with van der Waals surface area (Å²) in [4.78, 5) is 14.2. The monoisotopic (exact) mass is 437 g/mol. The predicted molar refractivity (Wildman–Crippen MR) is 114 cm³/mol. The van der Waals surface area contributed by atoms with Crippen LogP contribution in [-0.2, 0) is 6.54 Å². The molecule has 0 spiro atoms. The SMILES string of the molecule is Cc1nc(N2CCN(Cc3ccc4c(c3)OCO4)CC2)c2oc3ccccc3c2n1.[Cl-]. The van der Waals surface area contributed by atoms with Crippen molar-refractivity contribution < 1.29 is 26.3 Å². The number of hydrogen-bond donors (Lipinski definition) is 0. The van der Waals surface area contributed by atoms with Gasteiger partial charge >= 0.3 is 0 Å². The van der Waals surface area contributed by atoms with Gasteiger partial charge in [0.2, 0.25) is 6.79 Å². The Morgan fingerprint density at radius 3 is 2.61 bits per heavy atom. The van der Waals surface area contributed by atoms with Crippen LogP contribution in [0.5, 0.6) is 11.5 Å². The van der Waals surface area contributed by atoms with Crippen molar-refractivity contribution in [1.29, 1.82) is 0 Å². The highest BCUT2D eigenvalue weighted by Gasteiger charge is 2.24. The minimum Gasteiger partial charge on any atom is -1.00 e. The maximum absolute atomic E-state index is 6.15. The van der Waals surface area contributed by atoms with Gasteiger partial charge in [-0.05, 0) is 36.8 Å². The molecular weight excluding hydrogens is 416 g/mol. The number of hydrogen-bond acceptors (Lipinski definition) is 7. The molecule has 4 aromatic rings. The zero-order valence-corrected chi connectivity index (χ0v) is 17.9. The fourth-order valence-electron chi connectivity index (χ4n) is 4.31. The van der Waals surface area contributed by atoms with E-state index in [9.17, 15) is 0 Å². The Labute approximate surface area is 186 Å². The van der Waals surface area contributed by atoms with E-state index in [-0.39, 0.29) is 12.4 Å². The third-order valence-electron chi connectivity index (χ3n) is 5.83. The van der Waals surface area contributed by atoms with E-state index in [0.717, 1.165) is 77.9 Å². The lowest BCUT2D eigenvalue weighted by Gasteiger charge is -2.35. The molecular formula is C23H22ClN4O3-. The van der Waals surface area contributed by atoms with Crippen LogP contribution in [0.25, 0.3) is 22.1 Å². The average Bonchev–Trinajstić information content (AvgIpc) is 3.38. The van der Waals surface area contributed by atoms with Gasteiger partial charge in [-0.15, -0.1) is 0 Å². The first kappa shape index (κ1) is 19.9. The van der Waals surface area contributed by atoms with Crippen LogP contribution >= 0.6 is 0 Å². The zero-order valence-electron chi connectivity index (χ0n) is 17.2. The second-order valence-electron chi connectivity index (χ2n) is 7.82. The Morgan fingerprint density at radius 2 is 1.74 bits per heavy atom. The number of aryl methyl sites for hydroxylation is 1. The highest BCUT2D eigenvalue weighted by Crippen LogP contribution is 2.34. The Morgan fingerprint density at radius 1 is 0.935 bits per heavy atom. The number of anilines is 1. The first-order valence-corrected chi connectivity index (χ1v) is 10.3. The highest BCUT2D eigenvalue weighted by atomic mass is 35.5. The fraction of sp³-hybridized carbons (Fsp3) is 0.304. The number of fused-ring (bicyclic) bond motifs is 4. The number of nitrogens with zero attached hydrogens (tertiary/aromatic N) is 4. The molecule has 31 heavy (non-hydrogen) atoms. The molecule has 0 bridgehead atoms.